The van der Waals surface area contributed by atoms with E-state index in [1.165, 1.54) is 0 Å². The normalized spacial score (nSPS) is 10.7. The van der Waals surface area contributed by atoms with Gasteiger partial charge in [-0.1, -0.05) is 22.0 Å². The molecule has 1 N–H and O–H groups in total. The number of carbonyl (C=O) groups is 1. The first kappa shape index (κ1) is 14.7. The molecule has 1 aromatic heterocycles. The van der Waals surface area contributed by atoms with Crippen LogP contribution in [0.4, 0.5) is 0 Å². The van der Waals surface area contributed by atoms with Gasteiger partial charge >= 0.3 is 0 Å². The van der Waals surface area contributed by atoms with Crippen molar-refractivity contribution in [3.63, 3.8) is 0 Å². The third-order valence-electron chi connectivity index (χ3n) is 3.53. The molecule has 3 rings (SSSR count). The number of hydrogen-bond acceptors (Lipinski definition) is 3. The van der Waals surface area contributed by atoms with Gasteiger partial charge in [0, 0.05) is 32.7 Å². The van der Waals surface area contributed by atoms with Crippen molar-refractivity contribution in [3.8, 4) is 11.5 Å². The third kappa shape index (κ3) is 2.48. The summed E-state index contributed by atoms with van der Waals surface area (Å²) >= 11 is 3.42. The molecule has 3 aromatic rings. The monoisotopic (exact) mass is 359 g/mol. The summed E-state index contributed by atoms with van der Waals surface area (Å²) in [5, 5.41) is 0.892. The maximum atomic E-state index is 12.7. The highest BCUT2D eigenvalue weighted by atomic mass is 79.9. The van der Waals surface area contributed by atoms with Crippen molar-refractivity contribution in [3.05, 3.63) is 58.2 Å². The topological polar surface area (TPSA) is 51.3 Å². The minimum absolute atomic E-state index is 0.0606. The Kier molecular flexibility index (Phi) is 3.90. The zero-order valence-corrected chi connectivity index (χ0v) is 13.7. The van der Waals surface area contributed by atoms with Crippen LogP contribution in [0.3, 0.4) is 0 Å². The van der Waals surface area contributed by atoms with Crippen LogP contribution >= 0.6 is 15.9 Å². The predicted molar refractivity (Wildman–Crippen MR) is 89.0 cm³/mol. The van der Waals surface area contributed by atoms with Crippen LogP contribution in [0.2, 0.25) is 0 Å². The summed E-state index contributed by atoms with van der Waals surface area (Å²) in [5.74, 6) is 1.08. The van der Waals surface area contributed by atoms with Crippen molar-refractivity contribution < 1.29 is 14.3 Å². The summed E-state index contributed by atoms with van der Waals surface area (Å²) in [7, 11) is 3.12. The Morgan fingerprint density at radius 3 is 2.55 bits per heavy atom. The second kappa shape index (κ2) is 5.85. The Labute approximate surface area is 136 Å². The van der Waals surface area contributed by atoms with Gasteiger partial charge in [-0.2, -0.15) is 0 Å². The van der Waals surface area contributed by atoms with Crippen molar-refractivity contribution in [1.29, 1.82) is 0 Å². The first-order chi connectivity index (χ1) is 10.6. The van der Waals surface area contributed by atoms with Crippen molar-refractivity contribution in [2.45, 2.75) is 0 Å². The van der Waals surface area contributed by atoms with Gasteiger partial charge in [0.05, 0.1) is 14.2 Å². The number of rotatable bonds is 4. The molecule has 4 nitrogen and oxygen atoms in total. The van der Waals surface area contributed by atoms with E-state index in [4.69, 9.17) is 9.47 Å². The van der Waals surface area contributed by atoms with Gasteiger partial charge < -0.3 is 14.5 Å². The minimum atomic E-state index is -0.0606. The highest BCUT2D eigenvalue weighted by Gasteiger charge is 2.16. The second-order valence-electron chi connectivity index (χ2n) is 4.79. The Morgan fingerprint density at radius 1 is 1.05 bits per heavy atom. The van der Waals surface area contributed by atoms with E-state index in [-0.39, 0.29) is 5.78 Å². The van der Waals surface area contributed by atoms with E-state index in [1.54, 1.807) is 38.6 Å². The molecule has 1 heterocycles. The van der Waals surface area contributed by atoms with Crippen LogP contribution in [0.15, 0.2) is 47.1 Å². The maximum Gasteiger partial charge on any atom is 0.195 e. The summed E-state index contributed by atoms with van der Waals surface area (Å²) in [5.41, 5.74) is 2.11. The zero-order chi connectivity index (χ0) is 15.7. The van der Waals surface area contributed by atoms with E-state index < -0.39 is 0 Å². The van der Waals surface area contributed by atoms with E-state index in [0.717, 1.165) is 15.4 Å². The lowest BCUT2D eigenvalue weighted by Crippen LogP contribution is -2.01. The molecule has 5 heteroatoms. The Bertz CT molecular complexity index is 854. The van der Waals surface area contributed by atoms with Crippen molar-refractivity contribution in [2.75, 3.05) is 14.2 Å². The van der Waals surface area contributed by atoms with E-state index in [1.807, 2.05) is 18.2 Å². The average Bonchev–Trinajstić information content (AvgIpc) is 2.96. The maximum absolute atomic E-state index is 12.7. The Hall–Kier alpha value is -2.27. The number of ketones is 1. The fourth-order valence-electron chi connectivity index (χ4n) is 2.42. The zero-order valence-electron chi connectivity index (χ0n) is 12.1. The van der Waals surface area contributed by atoms with E-state index in [2.05, 4.69) is 20.9 Å². The molecular formula is C17H14BrNO3. The number of H-pyrrole nitrogens is 1. The summed E-state index contributed by atoms with van der Waals surface area (Å²) in [6.45, 7) is 0. The molecule has 112 valence electrons. The summed E-state index contributed by atoms with van der Waals surface area (Å²) in [6.07, 6.45) is 1.73. The molecule has 0 saturated heterocycles. The summed E-state index contributed by atoms with van der Waals surface area (Å²) in [6, 6.07) is 10.9. The molecule has 0 bridgehead atoms. The largest absolute Gasteiger partial charge is 0.493 e. The Morgan fingerprint density at radius 2 is 1.82 bits per heavy atom. The van der Waals surface area contributed by atoms with Crippen LogP contribution in [0.1, 0.15) is 15.9 Å². The van der Waals surface area contributed by atoms with E-state index >= 15 is 0 Å². The first-order valence-electron chi connectivity index (χ1n) is 6.67. The second-order valence-corrected chi connectivity index (χ2v) is 5.71. The number of aromatic amines is 1. The van der Waals surface area contributed by atoms with Gasteiger partial charge in [0.1, 0.15) is 0 Å². The van der Waals surface area contributed by atoms with Gasteiger partial charge in [-0.25, -0.2) is 0 Å². The molecule has 0 aliphatic heterocycles. The van der Waals surface area contributed by atoms with Crippen LogP contribution in [-0.2, 0) is 0 Å². The van der Waals surface area contributed by atoms with Crippen LogP contribution in [0, 0.1) is 0 Å². The van der Waals surface area contributed by atoms with Crippen molar-refractivity contribution >= 4 is 32.6 Å². The predicted octanol–water partition coefficient (Wildman–Crippen LogP) is 4.18. The van der Waals surface area contributed by atoms with Crippen molar-refractivity contribution in [2.24, 2.45) is 0 Å². The van der Waals surface area contributed by atoms with Crippen LogP contribution in [0.25, 0.3) is 10.9 Å². The summed E-state index contributed by atoms with van der Waals surface area (Å²) < 4.78 is 11.4. The number of aromatic nitrogens is 1. The lowest BCUT2D eigenvalue weighted by molar-refractivity contribution is 0.104. The summed E-state index contributed by atoms with van der Waals surface area (Å²) in [4.78, 5) is 15.9. The number of methoxy groups -OCH3 is 2. The lowest BCUT2D eigenvalue weighted by Gasteiger charge is -2.08. The smallest absolute Gasteiger partial charge is 0.195 e. The highest BCUT2D eigenvalue weighted by molar-refractivity contribution is 9.10. The molecule has 0 spiro atoms. The lowest BCUT2D eigenvalue weighted by atomic mass is 10.0. The molecule has 0 saturated carbocycles. The van der Waals surface area contributed by atoms with Gasteiger partial charge in [-0.15, -0.1) is 0 Å². The molecule has 2 aromatic carbocycles. The number of fused-ring (bicyclic) bond motifs is 1. The number of hydrogen-bond donors (Lipinski definition) is 1. The fourth-order valence-corrected chi connectivity index (χ4v) is 2.78. The number of halogens is 1. The van der Waals surface area contributed by atoms with Gasteiger partial charge in [0.25, 0.3) is 0 Å². The first-order valence-corrected chi connectivity index (χ1v) is 7.46. The van der Waals surface area contributed by atoms with E-state index in [0.29, 0.717) is 22.6 Å². The fraction of sp³-hybridized carbons (Fsp3) is 0.118. The number of benzene rings is 2. The quantitative estimate of drug-likeness (QED) is 0.711. The Balaban J connectivity index is 2.06. The standard InChI is InChI=1S/C17H14BrNO3/c1-21-15-6-3-10(7-16(15)22-2)17(20)13-9-19-14-8-11(18)4-5-12(13)14/h3-9,19H,1-2H3. The molecule has 0 fully saturated rings. The highest BCUT2D eigenvalue weighted by Crippen LogP contribution is 2.30. The van der Waals surface area contributed by atoms with Gasteiger partial charge in [0.15, 0.2) is 17.3 Å². The van der Waals surface area contributed by atoms with Gasteiger partial charge in [-0.3, -0.25) is 4.79 Å². The SMILES string of the molecule is COc1ccc(C(=O)c2c[nH]c3cc(Br)ccc23)cc1OC. The number of nitrogens with one attached hydrogen (secondary N) is 1. The average molecular weight is 360 g/mol. The third-order valence-corrected chi connectivity index (χ3v) is 4.03. The number of ether oxygens (including phenoxy) is 2. The minimum Gasteiger partial charge on any atom is -0.493 e. The van der Waals surface area contributed by atoms with Crippen LogP contribution in [-0.4, -0.2) is 25.0 Å². The molecule has 0 amide bonds. The molecule has 22 heavy (non-hydrogen) atoms. The molecule has 0 unspecified atom stereocenters. The molecule has 0 radical (unpaired) electrons. The van der Waals surface area contributed by atoms with Gasteiger partial charge in [0.2, 0.25) is 0 Å². The van der Waals surface area contributed by atoms with Crippen LogP contribution in [0.5, 0.6) is 11.5 Å². The molecule has 0 aliphatic rings. The number of carbonyl (C=O) groups excluding carboxylic acids is 1. The molecular weight excluding hydrogens is 346 g/mol. The van der Waals surface area contributed by atoms with Crippen LogP contribution < -0.4 is 9.47 Å². The molecule has 0 atom stereocenters. The van der Waals surface area contributed by atoms with E-state index in [9.17, 15) is 4.79 Å². The van der Waals surface area contributed by atoms with Gasteiger partial charge in [-0.05, 0) is 30.3 Å². The molecule has 0 aliphatic carbocycles. The van der Waals surface area contributed by atoms with Crippen molar-refractivity contribution in [1.82, 2.24) is 4.98 Å².